The largest absolute Gasteiger partial charge is 0.491 e. The molecule has 4 rings (SSSR count). The van der Waals surface area contributed by atoms with Gasteiger partial charge in [-0.1, -0.05) is 18.2 Å². The van der Waals surface area contributed by atoms with Crippen LogP contribution in [-0.4, -0.2) is 63.3 Å². The summed E-state index contributed by atoms with van der Waals surface area (Å²) < 4.78 is 20.5. The summed E-state index contributed by atoms with van der Waals surface area (Å²) in [5, 5.41) is 23.4. The van der Waals surface area contributed by atoms with Gasteiger partial charge in [-0.2, -0.15) is 0 Å². The van der Waals surface area contributed by atoms with Gasteiger partial charge in [0.2, 0.25) is 5.91 Å². The number of ether oxygens (including phenoxy) is 1. The van der Waals surface area contributed by atoms with E-state index in [4.69, 9.17) is 9.84 Å². The smallest absolute Gasteiger partial charge is 0.325 e. The molecule has 1 aliphatic rings. The second-order valence-corrected chi connectivity index (χ2v) is 9.71. The lowest BCUT2D eigenvalue weighted by molar-refractivity contribution is -0.134. The van der Waals surface area contributed by atoms with Gasteiger partial charge in [-0.3, -0.25) is 14.6 Å². The summed E-state index contributed by atoms with van der Waals surface area (Å²) in [4.78, 5) is 44.8. The van der Waals surface area contributed by atoms with E-state index in [1.54, 1.807) is 48.5 Å². The van der Waals surface area contributed by atoms with Gasteiger partial charge in [0, 0.05) is 21.9 Å². The molecule has 1 aromatic heterocycles. The van der Waals surface area contributed by atoms with Gasteiger partial charge < -0.3 is 25.6 Å². The lowest BCUT2D eigenvalue weighted by atomic mass is 10.0. The predicted octanol–water partition coefficient (Wildman–Crippen LogP) is 2.40. The molecule has 4 N–H and O–H groups in total. The molecule has 0 radical (unpaired) electrons. The predicted molar refractivity (Wildman–Crippen MR) is 143 cm³/mol. The van der Waals surface area contributed by atoms with E-state index >= 15 is 0 Å². The van der Waals surface area contributed by atoms with Crippen molar-refractivity contribution >= 4 is 46.1 Å². The second-order valence-electron chi connectivity index (χ2n) is 8.46. The SMILES string of the molecule is O=C(Nc1ccc(I)cc1F)C(Cc1ccccn1)N1C(=O)N[C@H](c2ccc(OC[C@H](O)CO)cc2)C1=O. The zero-order valence-corrected chi connectivity index (χ0v) is 22.0. The molecule has 0 bridgehead atoms. The van der Waals surface area contributed by atoms with Crippen LogP contribution in [0.15, 0.2) is 66.9 Å². The highest BCUT2D eigenvalue weighted by molar-refractivity contribution is 14.1. The van der Waals surface area contributed by atoms with Crippen LogP contribution in [0.25, 0.3) is 0 Å². The number of amides is 4. The number of anilines is 1. The molecular weight excluding hydrogens is 610 g/mol. The van der Waals surface area contributed by atoms with E-state index in [0.717, 1.165) is 4.90 Å². The minimum Gasteiger partial charge on any atom is -0.491 e. The summed E-state index contributed by atoms with van der Waals surface area (Å²) >= 11 is 1.94. The van der Waals surface area contributed by atoms with Crippen LogP contribution < -0.4 is 15.4 Å². The van der Waals surface area contributed by atoms with E-state index in [1.807, 2.05) is 22.6 Å². The van der Waals surface area contributed by atoms with Crippen molar-refractivity contribution in [1.82, 2.24) is 15.2 Å². The van der Waals surface area contributed by atoms with Gasteiger partial charge in [-0.05, 0) is 70.6 Å². The van der Waals surface area contributed by atoms with Crippen molar-refractivity contribution in [3.05, 3.63) is 87.5 Å². The normalized spacial score (nSPS) is 16.6. The van der Waals surface area contributed by atoms with Gasteiger partial charge in [0.1, 0.15) is 36.4 Å². The van der Waals surface area contributed by atoms with Crippen LogP contribution in [0.2, 0.25) is 0 Å². The molecule has 3 atom stereocenters. The minimum absolute atomic E-state index is 0.0769. The zero-order chi connectivity index (χ0) is 27.2. The van der Waals surface area contributed by atoms with E-state index in [0.29, 0.717) is 20.6 Å². The van der Waals surface area contributed by atoms with Crippen LogP contribution >= 0.6 is 22.6 Å². The van der Waals surface area contributed by atoms with Crippen LogP contribution in [0.3, 0.4) is 0 Å². The highest BCUT2D eigenvalue weighted by atomic mass is 127. The zero-order valence-electron chi connectivity index (χ0n) is 19.9. The Morgan fingerprint density at radius 3 is 2.61 bits per heavy atom. The van der Waals surface area contributed by atoms with E-state index in [9.17, 15) is 23.9 Å². The van der Waals surface area contributed by atoms with Gasteiger partial charge in [-0.25, -0.2) is 14.1 Å². The Morgan fingerprint density at radius 2 is 1.95 bits per heavy atom. The average Bonchev–Trinajstić information content (AvgIpc) is 3.21. The number of nitrogens with zero attached hydrogens (tertiary/aromatic N) is 2. The molecule has 2 aromatic carbocycles. The number of benzene rings is 2. The fourth-order valence-electron chi connectivity index (χ4n) is 3.84. The van der Waals surface area contributed by atoms with Crippen molar-refractivity contribution in [2.75, 3.05) is 18.5 Å². The number of hydrogen-bond donors (Lipinski definition) is 4. The second kappa shape index (κ2) is 12.3. The summed E-state index contributed by atoms with van der Waals surface area (Å²) in [5.74, 6) is -1.66. The number of carbonyl (C=O) groups is 3. The van der Waals surface area contributed by atoms with Crippen molar-refractivity contribution < 1.29 is 33.7 Å². The number of rotatable bonds is 10. The molecule has 2 heterocycles. The first-order valence-electron chi connectivity index (χ1n) is 11.6. The van der Waals surface area contributed by atoms with Gasteiger partial charge in [0.05, 0.1) is 12.3 Å². The fraction of sp³-hybridized carbons (Fsp3) is 0.231. The van der Waals surface area contributed by atoms with Gasteiger partial charge in [-0.15, -0.1) is 0 Å². The lowest BCUT2D eigenvalue weighted by Gasteiger charge is -2.24. The monoisotopic (exact) mass is 634 g/mol. The number of hydrogen-bond acceptors (Lipinski definition) is 7. The summed E-state index contributed by atoms with van der Waals surface area (Å²) in [6.07, 6.45) is 0.417. The minimum atomic E-state index is -1.30. The van der Waals surface area contributed by atoms with Crippen molar-refractivity contribution in [2.45, 2.75) is 24.6 Å². The number of urea groups is 1. The Kier molecular flexibility index (Phi) is 8.86. The molecule has 0 aliphatic carbocycles. The first-order chi connectivity index (χ1) is 18.3. The third-order valence-corrected chi connectivity index (χ3v) is 6.44. The topological polar surface area (TPSA) is 141 Å². The van der Waals surface area contributed by atoms with Crippen LogP contribution in [0, 0.1) is 9.39 Å². The van der Waals surface area contributed by atoms with Gasteiger partial charge in [0.15, 0.2) is 0 Å². The summed E-state index contributed by atoms with van der Waals surface area (Å²) in [5.41, 5.74) is 0.833. The molecular formula is C26H24FIN4O6. The number of halogens is 2. The van der Waals surface area contributed by atoms with Gasteiger partial charge >= 0.3 is 6.03 Å². The van der Waals surface area contributed by atoms with E-state index in [-0.39, 0.29) is 18.7 Å². The maximum atomic E-state index is 14.4. The highest BCUT2D eigenvalue weighted by Gasteiger charge is 2.45. The quantitative estimate of drug-likeness (QED) is 0.198. The highest BCUT2D eigenvalue weighted by Crippen LogP contribution is 2.27. The Bertz CT molecular complexity index is 1310. The molecule has 4 amide bonds. The fourth-order valence-corrected chi connectivity index (χ4v) is 4.29. The number of aromatic nitrogens is 1. The number of aliphatic hydroxyl groups excluding tert-OH is 2. The maximum Gasteiger partial charge on any atom is 0.325 e. The molecule has 0 spiro atoms. The van der Waals surface area contributed by atoms with Gasteiger partial charge in [0.25, 0.3) is 5.91 Å². The third kappa shape index (κ3) is 6.44. The number of aliphatic hydroxyl groups is 2. The average molecular weight is 634 g/mol. The molecule has 1 fully saturated rings. The summed E-state index contributed by atoms with van der Waals surface area (Å²) in [6, 6.07) is 12.5. The molecule has 1 saturated heterocycles. The standard InChI is InChI=1S/C26H24FIN4O6/c27-20-11-16(28)6-9-21(20)30-24(35)22(12-17-3-1-2-10-29-17)32-25(36)23(31-26(32)37)15-4-7-19(8-5-15)38-14-18(34)13-33/h1-11,18,22-23,33-34H,12-14H2,(H,30,35)(H,31,37)/t18-,22?,23-/m1/s1. The van der Waals surface area contributed by atoms with Crippen molar-refractivity contribution in [3.8, 4) is 5.75 Å². The van der Waals surface area contributed by atoms with E-state index in [1.165, 1.54) is 18.3 Å². The molecule has 198 valence electrons. The third-order valence-electron chi connectivity index (χ3n) is 5.77. The van der Waals surface area contributed by atoms with Crippen LogP contribution in [-0.2, 0) is 16.0 Å². The van der Waals surface area contributed by atoms with Crippen LogP contribution in [0.4, 0.5) is 14.9 Å². The lowest BCUT2D eigenvalue weighted by Crippen LogP contribution is -2.49. The molecule has 38 heavy (non-hydrogen) atoms. The number of carbonyl (C=O) groups excluding carboxylic acids is 3. The molecule has 0 saturated carbocycles. The van der Waals surface area contributed by atoms with Crippen LogP contribution in [0.5, 0.6) is 5.75 Å². The first kappa shape index (κ1) is 27.4. The van der Waals surface area contributed by atoms with E-state index in [2.05, 4.69) is 15.6 Å². The first-order valence-corrected chi connectivity index (χ1v) is 12.7. The molecule has 1 aliphatic heterocycles. The van der Waals surface area contributed by atoms with Crippen molar-refractivity contribution in [2.24, 2.45) is 0 Å². The van der Waals surface area contributed by atoms with E-state index < -0.39 is 48.5 Å². The number of pyridine rings is 1. The molecule has 12 heteroatoms. The van der Waals surface area contributed by atoms with Crippen molar-refractivity contribution in [1.29, 1.82) is 0 Å². The Balaban J connectivity index is 1.56. The van der Waals surface area contributed by atoms with Crippen LogP contribution in [0.1, 0.15) is 17.3 Å². The number of imide groups is 1. The molecule has 1 unspecified atom stereocenters. The molecule has 3 aromatic rings. The Hall–Kier alpha value is -3.62. The Morgan fingerprint density at radius 1 is 1.18 bits per heavy atom. The summed E-state index contributed by atoms with van der Waals surface area (Å²) in [7, 11) is 0. The maximum absolute atomic E-state index is 14.4. The summed E-state index contributed by atoms with van der Waals surface area (Å²) in [6.45, 7) is -0.561. The Labute approximate surface area is 231 Å². The van der Waals surface area contributed by atoms with Crippen molar-refractivity contribution in [3.63, 3.8) is 0 Å². The molecule has 10 nitrogen and oxygen atoms in total. The number of nitrogens with one attached hydrogen (secondary N) is 2.